The number of ether oxygens (including phenoxy) is 1. The van der Waals surface area contributed by atoms with Crippen LogP contribution in [0.4, 0.5) is 19.0 Å². The van der Waals surface area contributed by atoms with Gasteiger partial charge >= 0.3 is 6.18 Å². The molecule has 158 valence electrons. The Morgan fingerprint density at radius 3 is 2.48 bits per heavy atom. The van der Waals surface area contributed by atoms with Crippen molar-refractivity contribution >= 4 is 15.8 Å². The zero-order valence-corrected chi connectivity index (χ0v) is 16.6. The molecule has 1 saturated heterocycles. The van der Waals surface area contributed by atoms with Crippen LogP contribution in [-0.4, -0.2) is 40.2 Å². The highest BCUT2D eigenvalue weighted by molar-refractivity contribution is 7.89. The van der Waals surface area contributed by atoms with Gasteiger partial charge in [-0.05, 0) is 43.7 Å². The lowest BCUT2D eigenvalue weighted by molar-refractivity contribution is -0.137. The maximum absolute atomic E-state index is 13.2. The molecule has 0 spiro atoms. The molecule has 3 rings (SSSR count). The van der Waals surface area contributed by atoms with E-state index in [1.165, 1.54) is 37.5 Å². The molecular weight excluding hydrogens is 407 g/mol. The van der Waals surface area contributed by atoms with Crippen molar-refractivity contribution in [1.82, 2.24) is 9.71 Å². The fraction of sp³-hybridized carbons (Fsp3) is 0.421. The number of sulfonamides is 1. The molecule has 2 heterocycles. The Morgan fingerprint density at radius 2 is 1.90 bits per heavy atom. The first kappa shape index (κ1) is 21.5. The topological polar surface area (TPSA) is 80.3 Å². The van der Waals surface area contributed by atoms with Gasteiger partial charge in [-0.3, -0.25) is 0 Å². The van der Waals surface area contributed by atoms with Gasteiger partial charge in [0.1, 0.15) is 10.7 Å². The van der Waals surface area contributed by atoms with Gasteiger partial charge < -0.3 is 10.1 Å². The van der Waals surface area contributed by atoms with Crippen LogP contribution in [0.2, 0.25) is 0 Å². The molecule has 0 atom stereocenters. The van der Waals surface area contributed by atoms with Gasteiger partial charge in [-0.25, -0.2) is 18.1 Å². The molecule has 1 aliphatic rings. The molecule has 0 bridgehead atoms. The minimum atomic E-state index is -4.41. The Hall–Kier alpha value is -2.17. The van der Waals surface area contributed by atoms with E-state index in [0.29, 0.717) is 44.0 Å². The number of hydrogen-bond donors (Lipinski definition) is 2. The third-order valence-corrected chi connectivity index (χ3v) is 6.57. The second kappa shape index (κ2) is 8.29. The van der Waals surface area contributed by atoms with Gasteiger partial charge in [0.15, 0.2) is 0 Å². The van der Waals surface area contributed by atoms with Crippen LogP contribution in [0.5, 0.6) is 0 Å². The third-order valence-electron chi connectivity index (χ3n) is 5.18. The van der Waals surface area contributed by atoms with Gasteiger partial charge in [-0.15, -0.1) is 0 Å². The summed E-state index contributed by atoms with van der Waals surface area (Å²) in [6.07, 6.45) is -2.05. The van der Waals surface area contributed by atoms with Gasteiger partial charge in [0, 0.05) is 31.4 Å². The number of nitrogens with zero attached hydrogens (tertiary/aromatic N) is 1. The second-order valence-electron chi connectivity index (χ2n) is 6.91. The van der Waals surface area contributed by atoms with E-state index in [0.717, 1.165) is 6.07 Å². The Balaban J connectivity index is 1.83. The Bertz CT molecular complexity index is 941. The number of benzene rings is 1. The number of rotatable bonds is 6. The van der Waals surface area contributed by atoms with Crippen molar-refractivity contribution in [2.45, 2.75) is 29.3 Å². The largest absolute Gasteiger partial charge is 0.416 e. The van der Waals surface area contributed by atoms with Crippen molar-refractivity contribution in [2.75, 3.05) is 32.1 Å². The van der Waals surface area contributed by atoms with Crippen LogP contribution in [0.15, 0.2) is 47.5 Å². The van der Waals surface area contributed by atoms with Crippen molar-refractivity contribution in [2.24, 2.45) is 0 Å². The van der Waals surface area contributed by atoms with Gasteiger partial charge in [0.25, 0.3) is 0 Å². The fourth-order valence-electron chi connectivity index (χ4n) is 3.38. The quantitative estimate of drug-likeness (QED) is 0.737. The molecule has 6 nitrogen and oxygen atoms in total. The van der Waals surface area contributed by atoms with Crippen LogP contribution in [0.1, 0.15) is 24.0 Å². The van der Waals surface area contributed by atoms with Crippen LogP contribution in [0.3, 0.4) is 0 Å². The normalized spacial score (nSPS) is 17.1. The summed E-state index contributed by atoms with van der Waals surface area (Å²) in [5.41, 5.74) is -0.630. The molecule has 0 saturated carbocycles. The van der Waals surface area contributed by atoms with Crippen molar-refractivity contribution in [3.05, 3.63) is 53.7 Å². The van der Waals surface area contributed by atoms with Gasteiger partial charge in [0.2, 0.25) is 10.0 Å². The predicted octanol–water partition coefficient (Wildman–Crippen LogP) is 3.17. The molecule has 29 heavy (non-hydrogen) atoms. The van der Waals surface area contributed by atoms with Crippen LogP contribution in [0.25, 0.3) is 0 Å². The van der Waals surface area contributed by atoms with Crippen LogP contribution >= 0.6 is 0 Å². The minimum Gasteiger partial charge on any atom is -0.381 e. The first-order valence-corrected chi connectivity index (χ1v) is 10.5. The highest BCUT2D eigenvalue weighted by atomic mass is 32.2. The second-order valence-corrected chi connectivity index (χ2v) is 8.80. The molecule has 1 fully saturated rings. The van der Waals surface area contributed by atoms with Crippen LogP contribution in [0, 0.1) is 0 Å². The Labute approximate surface area is 167 Å². The third kappa shape index (κ3) is 4.88. The lowest BCUT2D eigenvalue weighted by atomic mass is 9.73. The summed E-state index contributed by atoms with van der Waals surface area (Å²) >= 11 is 0. The molecule has 0 radical (unpaired) electrons. The predicted molar refractivity (Wildman–Crippen MR) is 102 cm³/mol. The van der Waals surface area contributed by atoms with Crippen molar-refractivity contribution in [3.63, 3.8) is 0 Å². The zero-order valence-electron chi connectivity index (χ0n) is 15.8. The molecule has 0 aliphatic carbocycles. The van der Waals surface area contributed by atoms with Crippen LogP contribution in [-0.2, 0) is 26.4 Å². The molecule has 2 aromatic rings. The highest BCUT2D eigenvalue weighted by Crippen LogP contribution is 2.38. The number of hydrogen-bond acceptors (Lipinski definition) is 5. The van der Waals surface area contributed by atoms with E-state index in [1.54, 1.807) is 6.07 Å². The maximum atomic E-state index is 13.2. The Kier molecular flexibility index (Phi) is 6.16. The molecular formula is C19H22F3N3O3S. The van der Waals surface area contributed by atoms with Gasteiger partial charge in [-0.1, -0.05) is 18.2 Å². The number of halogens is 3. The SMILES string of the molecule is CNS(=O)(=O)c1ccc(NCC2(c3cccc(C(F)(F)F)c3)CCOCC2)nc1. The molecule has 1 aromatic heterocycles. The van der Waals surface area contributed by atoms with E-state index in [4.69, 9.17) is 4.74 Å². The molecule has 2 N–H and O–H groups in total. The first-order valence-electron chi connectivity index (χ1n) is 9.05. The van der Waals surface area contributed by atoms with Crippen molar-refractivity contribution in [3.8, 4) is 0 Å². The van der Waals surface area contributed by atoms with Crippen LogP contribution < -0.4 is 10.0 Å². The van der Waals surface area contributed by atoms with Gasteiger partial charge in [0.05, 0.1) is 5.56 Å². The molecule has 0 unspecified atom stereocenters. The van der Waals surface area contributed by atoms with Crippen molar-refractivity contribution in [1.29, 1.82) is 0 Å². The molecule has 0 amide bonds. The lowest BCUT2D eigenvalue weighted by Gasteiger charge is -2.38. The van der Waals surface area contributed by atoms with E-state index < -0.39 is 27.2 Å². The Morgan fingerprint density at radius 1 is 1.17 bits per heavy atom. The fourth-order valence-corrected chi connectivity index (χ4v) is 4.05. The first-order chi connectivity index (χ1) is 13.7. The lowest BCUT2D eigenvalue weighted by Crippen LogP contribution is -2.40. The number of pyridine rings is 1. The summed E-state index contributed by atoms with van der Waals surface area (Å²) in [5, 5.41) is 3.15. The average Bonchev–Trinajstić information content (AvgIpc) is 2.73. The van der Waals surface area contributed by atoms with E-state index >= 15 is 0 Å². The standard InChI is InChI=1S/C19H22F3N3O3S/c1-23-29(26,27)16-5-6-17(24-12-16)25-13-18(7-9-28-10-8-18)14-3-2-4-15(11-14)19(20,21)22/h2-6,11-12,23H,7-10,13H2,1H3,(H,24,25). The molecule has 1 aromatic carbocycles. The highest BCUT2D eigenvalue weighted by Gasteiger charge is 2.37. The average molecular weight is 429 g/mol. The number of anilines is 1. The summed E-state index contributed by atoms with van der Waals surface area (Å²) in [6, 6.07) is 8.34. The summed E-state index contributed by atoms with van der Waals surface area (Å²) in [6.45, 7) is 1.25. The monoisotopic (exact) mass is 429 g/mol. The smallest absolute Gasteiger partial charge is 0.381 e. The minimum absolute atomic E-state index is 0.0317. The van der Waals surface area contributed by atoms with E-state index in [1.807, 2.05) is 0 Å². The summed E-state index contributed by atoms with van der Waals surface area (Å²) in [4.78, 5) is 4.15. The van der Waals surface area contributed by atoms with E-state index in [-0.39, 0.29) is 4.90 Å². The number of aromatic nitrogens is 1. The summed E-state index contributed by atoms with van der Waals surface area (Å²) in [7, 11) is -2.28. The number of alkyl halides is 3. The summed E-state index contributed by atoms with van der Waals surface area (Å²) in [5.74, 6) is 0.442. The van der Waals surface area contributed by atoms with E-state index in [9.17, 15) is 21.6 Å². The van der Waals surface area contributed by atoms with E-state index in [2.05, 4.69) is 15.0 Å². The maximum Gasteiger partial charge on any atom is 0.416 e. The van der Waals surface area contributed by atoms with Crippen molar-refractivity contribution < 1.29 is 26.3 Å². The summed E-state index contributed by atoms with van der Waals surface area (Å²) < 4.78 is 70.7. The zero-order chi connectivity index (χ0) is 21.1. The molecule has 1 aliphatic heterocycles. The number of nitrogens with one attached hydrogen (secondary N) is 2. The molecule has 10 heteroatoms. The van der Waals surface area contributed by atoms with Gasteiger partial charge in [-0.2, -0.15) is 13.2 Å².